The van der Waals surface area contributed by atoms with Crippen molar-refractivity contribution in [2.45, 2.75) is 6.61 Å². The minimum Gasteiger partial charge on any atom is -0.464 e. The van der Waals surface area contributed by atoms with Gasteiger partial charge in [-0.1, -0.05) is 53.0 Å². The maximum atomic E-state index is 5.90. The monoisotopic (exact) mass is 406 g/mol. The number of halogens is 1. The van der Waals surface area contributed by atoms with Crippen molar-refractivity contribution in [2.75, 3.05) is 11.6 Å². The molecule has 28 heavy (non-hydrogen) atoms. The number of nitrogens with zero attached hydrogens (tertiary/aromatic N) is 4. The van der Waals surface area contributed by atoms with Crippen LogP contribution in [-0.4, -0.2) is 23.1 Å². The number of hydrogen-bond acceptors (Lipinski definition) is 6. The third kappa shape index (κ3) is 4.06. The summed E-state index contributed by atoms with van der Waals surface area (Å²) in [7, 11) is 0. The smallest absolute Gasteiger partial charge is 0.296 e. The second-order valence-electron chi connectivity index (χ2n) is 5.96. The highest BCUT2D eigenvalue weighted by Gasteiger charge is 2.16. The Morgan fingerprint density at radius 3 is 2.79 bits per heavy atom. The average Bonchev–Trinajstić information content (AvgIpc) is 3.22. The first-order valence-electron chi connectivity index (χ1n) is 8.48. The molecule has 138 valence electrons. The zero-order valence-corrected chi connectivity index (χ0v) is 16.3. The molecular formula is C21H15ClN4OS. The van der Waals surface area contributed by atoms with Crippen molar-refractivity contribution in [1.82, 2.24) is 10.2 Å². The van der Waals surface area contributed by atoms with Gasteiger partial charge < -0.3 is 9.64 Å². The van der Waals surface area contributed by atoms with Crippen LogP contribution in [0.1, 0.15) is 16.7 Å². The van der Waals surface area contributed by atoms with Crippen molar-refractivity contribution < 1.29 is 4.74 Å². The van der Waals surface area contributed by atoms with Crippen LogP contribution in [0.5, 0.6) is 5.19 Å². The van der Waals surface area contributed by atoms with E-state index in [1.54, 1.807) is 0 Å². The molecule has 7 heteroatoms. The van der Waals surface area contributed by atoms with Crippen LogP contribution in [0, 0.1) is 12.3 Å². The Morgan fingerprint density at radius 1 is 1.14 bits per heavy atom. The number of ether oxygens (including phenoxy) is 1. The number of anilines is 1. The topological polar surface area (TPSA) is 50.6 Å². The van der Waals surface area contributed by atoms with Crippen LogP contribution in [0.25, 0.3) is 5.57 Å². The van der Waals surface area contributed by atoms with Gasteiger partial charge in [0.15, 0.2) is 0 Å². The number of hydrogen-bond donors (Lipinski definition) is 0. The van der Waals surface area contributed by atoms with Gasteiger partial charge in [0.05, 0.1) is 0 Å². The van der Waals surface area contributed by atoms with Crippen LogP contribution < -0.4 is 9.64 Å². The standard InChI is InChI=1S/C21H15ClN4OS/c1-2-16-5-3-4-6-19(16)17-11-23-14-26(12-17)20-24-25-21(28-20)27-13-15-7-9-18(22)10-8-15/h1,3-12H,13-14H2. The van der Waals surface area contributed by atoms with Gasteiger partial charge in [0.2, 0.25) is 5.13 Å². The van der Waals surface area contributed by atoms with Gasteiger partial charge in [0.25, 0.3) is 5.19 Å². The van der Waals surface area contributed by atoms with Crippen LogP contribution in [0.2, 0.25) is 5.02 Å². The SMILES string of the molecule is C#Cc1ccccc1C1=CN(c2nnc(OCc3ccc(Cl)cc3)s2)CN=C1. The van der Waals surface area contributed by atoms with E-state index >= 15 is 0 Å². The predicted molar refractivity (Wildman–Crippen MR) is 114 cm³/mol. The summed E-state index contributed by atoms with van der Waals surface area (Å²) in [6.45, 7) is 0.869. The van der Waals surface area contributed by atoms with Gasteiger partial charge in [-0.3, -0.25) is 4.99 Å². The van der Waals surface area contributed by atoms with Crippen molar-refractivity contribution in [2.24, 2.45) is 4.99 Å². The number of rotatable bonds is 5. The summed E-state index contributed by atoms with van der Waals surface area (Å²) in [4.78, 5) is 6.35. The van der Waals surface area contributed by atoms with E-state index in [0.717, 1.165) is 22.3 Å². The Labute approximate surface area is 172 Å². The van der Waals surface area contributed by atoms with Gasteiger partial charge in [-0.25, -0.2) is 0 Å². The van der Waals surface area contributed by atoms with Crippen LogP contribution >= 0.6 is 22.9 Å². The van der Waals surface area contributed by atoms with Crippen molar-refractivity contribution in [3.05, 3.63) is 76.4 Å². The summed E-state index contributed by atoms with van der Waals surface area (Å²) in [5, 5.41) is 10.2. The van der Waals surface area contributed by atoms with Crippen molar-refractivity contribution >= 4 is 39.9 Å². The molecule has 3 aromatic rings. The molecule has 0 unspecified atom stereocenters. The Kier molecular flexibility index (Phi) is 5.38. The lowest BCUT2D eigenvalue weighted by molar-refractivity contribution is 0.302. The van der Waals surface area contributed by atoms with Crippen LogP contribution in [0.15, 0.2) is 59.7 Å². The molecule has 0 atom stereocenters. The van der Waals surface area contributed by atoms with Gasteiger partial charge in [0.1, 0.15) is 13.3 Å². The molecule has 0 fully saturated rings. The molecular weight excluding hydrogens is 392 g/mol. The molecule has 1 aliphatic rings. The van der Waals surface area contributed by atoms with E-state index in [2.05, 4.69) is 21.1 Å². The number of aromatic nitrogens is 2. The second-order valence-corrected chi connectivity index (χ2v) is 7.32. The van der Waals surface area contributed by atoms with Crippen LogP contribution in [-0.2, 0) is 6.61 Å². The lowest BCUT2D eigenvalue weighted by atomic mass is 10.0. The summed E-state index contributed by atoms with van der Waals surface area (Å²) >= 11 is 7.26. The highest BCUT2D eigenvalue weighted by molar-refractivity contribution is 7.17. The molecule has 0 radical (unpaired) electrons. The molecule has 0 aliphatic carbocycles. The molecule has 0 spiro atoms. The number of aliphatic imine (C=N–C) groups is 1. The zero-order valence-electron chi connectivity index (χ0n) is 14.7. The Bertz CT molecular complexity index is 1080. The van der Waals surface area contributed by atoms with Gasteiger partial charge in [-0.2, -0.15) is 0 Å². The zero-order chi connectivity index (χ0) is 19.3. The van der Waals surface area contributed by atoms with Crippen LogP contribution in [0.4, 0.5) is 5.13 Å². The van der Waals surface area contributed by atoms with Crippen LogP contribution in [0.3, 0.4) is 0 Å². The predicted octanol–water partition coefficient (Wildman–Crippen LogP) is 4.64. The van der Waals surface area contributed by atoms with E-state index in [1.165, 1.54) is 11.3 Å². The normalized spacial score (nSPS) is 13.1. The summed E-state index contributed by atoms with van der Waals surface area (Å²) in [6, 6.07) is 15.3. The van der Waals surface area contributed by atoms with Gasteiger partial charge in [-0.15, -0.1) is 11.5 Å². The minimum absolute atomic E-state index is 0.403. The van der Waals surface area contributed by atoms with Gasteiger partial charge in [0, 0.05) is 34.1 Å². The van der Waals surface area contributed by atoms with Crippen molar-refractivity contribution in [3.8, 4) is 17.5 Å². The fraction of sp³-hybridized carbons (Fsp3) is 0.0952. The fourth-order valence-electron chi connectivity index (χ4n) is 2.69. The first-order chi connectivity index (χ1) is 13.7. The molecule has 1 aromatic heterocycles. The molecule has 0 amide bonds. The molecule has 0 N–H and O–H groups in total. The molecule has 2 aromatic carbocycles. The maximum Gasteiger partial charge on any atom is 0.296 e. The molecule has 1 aliphatic heterocycles. The number of allylic oxidation sites excluding steroid dienone is 1. The third-order valence-electron chi connectivity index (χ3n) is 4.07. The molecule has 2 heterocycles. The molecule has 4 rings (SSSR count). The lowest BCUT2D eigenvalue weighted by Crippen LogP contribution is -2.20. The third-order valence-corrected chi connectivity index (χ3v) is 5.19. The first-order valence-corrected chi connectivity index (χ1v) is 9.67. The van der Waals surface area contributed by atoms with E-state index in [4.69, 9.17) is 22.8 Å². The summed E-state index contributed by atoms with van der Waals surface area (Å²) in [5.74, 6) is 2.71. The Balaban J connectivity index is 1.49. The molecule has 0 saturated carbocycles. The summed E-state index contributed by atoms with van der Waals surface area (Å²) < 4.78 is 5.74. The lowest BCUT2D eigenvalue weighted by Gasteiger charge is -2.19. The minimum atomic E-state index is 0.403. The highest BCUT2D eigenvalue weighted by Crippen LogP contribution is 2.29. The van der Waals surface area contributed by atoms with Crippen molar-refractivity contribution in [1.29, 1.82) is 0 Å². The number of terminal acetylenes is 1. The van der Waals surface area contributed by atoms with Gasteiger partial charge in [-0.05, 0) is 35.1 Å². The Hall–Kier alpha value is -3.14. The molecule has 0 bridgehead atoms. The largest absolute Gasteiger partial charge is 0.464 e. The molecule has 5 nitrogen and oxygen atoms in total. The van der Waals surface area contributed by atoms with E-state index in [-0.39, 0.29) is 0 Å². The summed E-state index contributed by atoms with van der Waals surface area (Å²) in [5.41, 5.74) is 3.73. The van der Waals surface area contributed by atoms with E-state index in [0.29, 0.717) is 28.6 Å². The highest BCUT2D eigenvalue weighted by atomic mass is 35.5. The fourth-order valence-corrected chi connectivity index (χ4v) is 3.48. The summed E-state index contributed by atoms with van der Waals surface area (Å²) in [6.07, 6.45) is 9.42. The quantitative estimate of drug-likeness (QED) is 0.579. The maximum absolute atomic E-state index is 5.90. The first kappa shape index (κ1) is 18.2. The van der Waals surface area contributed by atoms with E-state index in [1.807, 2.05) is 65.8 Å². The van der Waals surface area contributed by atoms with E-state index < -0.39 is 0 Å². The molecule has 0 saturated heterocycles. The average molecular weight is 407 g/mol. The Morgan fingerprint density at radius 2 is 1.96 bits per heavy atom. The second kappa shape index (κ2) is 8.26. The van der Waals surface area contributed by atoms with E-state index in [9.17, 15) is 0 Å². The van der Waals surface area contributed by atoms with Gasteiger partial charge >= 0.3 is 0 Å². The van der Waals surface area contributed by atoms with Crippen molar-refractivity contribution in [3.63, 3.8) is 0 Å². The number of benzene rings is 2.